The van der Waals surface area contributed by atoms with Gasteiger partial charge >= 0.3 is 0 Å². The second-order valence-electron chi connectivity index (χ2n) is 8.33. The molecule has 0 spiro atoms. The number of benzene rings is 3. The largest absolute Gasteiger partial charge is 0.497 e. The maximum atomic E-state index is 13.7. The van der Waals surface area contributed by atoms with E-state index < -0.39 is 0 Å². The van der Waals surface area contributed by atoms with E-state index in [-0.39, 0.29) is 5.56 Å². The Morgan fingerprint density at radius 1 is 0.947 bits per heavy atom. The second-order valence-corrected chi connectivity index (χ2v) is 9.27. The molecule has 0 unspecified atom stereocenters. The standard InChI is InChI=1S/C29H27N3O5S/c1-5-36-25-13-9-7-11-21(25)27-30-23(18(2)37-27)17-38-29-31-22-12-8-6-10-20(22)28(33)32(29)24-16-19(34-3)14-15-26(24)35-4/h6-16H,5,17H2,1-4H3. The van der Waals surface area contributed by atoms with E-state index in [1.165, 1.54) is 11.8 Å². The van der Waals surface area contributed by atoms with Crippen molar-refractivity contribution in [3.8, 4) is 34.4 Å². The van der Waals surface area contributed by atoms with Crippen LogP contribution in [0.15, 0.2) is 81.1 Å². The normalized spacial score (nSPS) is 11.1. The van der Waals surface area contributed by atoms with E-state index >= 15 is 0 Å². The van der Waals surface area contributed by atoms with Gasteiger partial charge in [-0.3, -0.25) is 9.36 Å². The lowest BCUT2D eigenvalue weighted by atomic mass is 10.2. The fraction of sp³-hybridized carbons (Fsp3) is 0.207. The third kappa shape index (κ3) is 4.84. The number of para-hydroxylation sites is 2. The number of rotatable bonds is 9. The predicted octanol–water partition coefficient (Wildman–Crippen LogP) is 6.06. The summed E-state index contributed by atoms with van der Waals surface area (Å²) in [4.78, 5) is 23.4. The highest BCUT2D eigenvalue weighted by Gasteiger charge is 2.20. The van der Waals surface area contributed by atoms with Crippen molar-refractivity contribution in [2.24, 2.45) is 0 Å². The quantitative estimate of drug-likeness (QED) is 0.168. The molecule has 9 heteroatoms. The molecule has 0 aliphatic carbocycles. The van der Waals surface area contributed by atoms with Crippen molar-refractivity contribution in [3.63, 3.8) is 0 Å². The van der Waals surface area contributed by atoms with E-state index in [0.717, 1.165) is 11.3 Å². The van der Waals surface area contributed by atoms with Crippen molar-refractivity contribution >= 4 is 22.7 Å². The average Bonchev–Trinajstić information content (AvgIpc) is 3.32. The number of fused-ring (bicyclic) bond motifs is 1. The summed E-state index contributed by atoms with van der Waals surface area (Å²) >= 11 is 1.40. The van der Waals surface area contributed by atoms with E-state index in [1.807, 2.05) is 56.3 Å². The van der Waals surface area contributed by atoms with Crippen LogP contribution >= 0.6 is 11.8 Å². The highest BCUT2D eigenvalue weighted by atomic mass is 32.2. The third-order valence-electron chi connectivity index (χ3n) is 6.02. The van der Waals surface area contributed by atoms with Crippen LogP contribution in [0.4, 0.5) is 0 Å². The first kappa shape index (κ1) is 25.4. The molecule has 0 saturated carbocycles. The molecule has 2 aromatic heterocycles. The number of thioether (sulfide) groups is 1. The van der Waals surface area contributed by atoms with Gasteiger partial charge in [-0.2, -0.15) is 0 Å². The van der Waals surface area contributed by atoms with Crippen LogP contribution in [0.3, 0.4) is 0 Å². The molecule has 38 heavy (non-hydrogen) atoms. The van der Waals surface area contributed by atoms with Gasteiger partial charge in [-0.15, -0.1) is 0 Å². The van der Waals surface area contributed by atoms with Crippen LogP contribution in [-0.2, 0) is 5.75 Å². The molecule has 0 N–H and O–H groups in total. The number of oxazole rings is 1. The zero-order chi connectivity index (χ0) is 26.6. The fourth-order valence-corrected chi connectivity index (χ4v) is 5.13. The molecule has 5 aromatic rings. The maximum Gasteiger partial charge on any atom is 0.266 e. The summed E-state index contributed by atoms with van der Waals surface area (Å²) < 4.78 is 24.4. The van der Waals surface area contributed by atoms with Gasteiger partial charge < -0.3 is 18.6 Å². The Bertz CT molecular complexity index is 1660. The van der Waals surface area contributed by atoms with Gasteiger partial charge in [0.25, 0.3) is 5.56 Å². The van der Waals surface area contributed by atoms with Crippen LogP contribution in [0.5, 0.6) is 17.2 Å². The molecule has 0 aliphatic rings. The molecule has 8 nitrogen and oxygen atoms in total. The van der Waals surface area contributed by atoms with Gasteiger partial charge in [0.05, 0.1) is 48.7 Å². The van der Waals surface area contributed by atoms with Gasteiger partial charge in [0.2, 0.25) is 5.89 Å². The second kappa shape index (κ2) is 11.0. The zero-order valence-corrected chi connectivity index (χ0v) is 22.4. The molecule has 0 amide bonds. The number of nitrogens with zero attached hydrogens (tertiary/aromatic N) is 3. The van der Waals surface area contributed by atoms with Gasteiger partial charge in [0.1, 0.15) is 23.0 Å². The molecule has 2 heterocycles. The van der Waals surface area contributed by atoms with Crippen LogP contribution < -0.4 is 19.8 Å². The number of ether oxygens (including phenoxy) is 3. The Kier molecular flexibility index (Phi) is 7.37. The maximum absolute atomic E-state index is 13.7. The minimum Gasteiger partial charge on any atom is -0.497 e. The van der Waals surface area contributed by atoms with Gasteiger partial charge in [0.15, 0.2) is 5.16 Å². The summed E-state index contributed by atoms with van der Waals surface area (Å²) in [6.07, 6.45) is 0. The minimum atomic E-state index is -0.201. The van der Waals surface area contributed by atoms with Crippen LogP contribution in [0, 0.1) is 6.92 Å². The number of aromatic nitrogens is 3. The number of hydrogen-bond donors (Lipinski definition) is 0. The van der Waals surface area contributed by atoms with Crippen molar-refractivity contribution in [2.75, 3.05) is 20.8 Å². The molecular weight excluding hydrogens is 502 g/mol. The Balaban J connectivity index is 1.57. The van der Waals surface area contributed by atoms with Crippen molar-refractivity contribution < 1.29 is 18.6 Å². The van der Waals surface area contributed by atoms with Crippen LogP contribution in [0.2, 0.25) is 0 Å². The van der Waals surface area contributed by atoms with Crippen molar-refractivity contribution in [2.45, 2.75) is 24.8 Å². The SMILES string of the molecule is CCOc1ccccc1-c1nc(CSc2nc3ccccc3c(=O)n2-c2cc(OC)ccc2OC)c(C)o1. The topological polar surface area (TPSA) is 88.6 Å². The van der Waals surface area contributed by atoms with Crippen LogP contribution in [0.1, 0.15) is 18.4 Å². The molecular formula is C29H27N3O5S. The highest BCUT2D eigenvalue weighted by molar-refractivity contribution is 7.98. The number of methoxy groups -OCH3 is 2. The Labute approximate surface area is 224 Å². The lowest BCUT2D eigenvalue weighted by Gasteiger charge is -2.16. The van der Waals surface area contributed by atoms with E-state index in [4.69, 9.17) is 28.6 Å². The van der Waals surface area contributed by atoms with Gasteiger partial charge in [-0.05, 0) is 50.2 Å². The first-order valence-corrected chi connectivity index (χ1v) is 13.1. The first-order valence-electron chi connectivity index (χ1n) is 12.1. The van der Waals surface area contributed by atoms with Crippen molar-refractivity contribution in [1.29, 1.82) is 0 Å². The number of hydrogen-bond acceptors (Lipinski definition) is 8. The lowest BCUT2D eigenvalue weighted by Crippen LogP contribution is -2.22. The van der Waals surface area contributed by atoms with E-state index in [0.29, 0.717) is 63.0 Å². The van der Waals surface area contributed by atoms with Crippen LogP contribution in [0.25, 0.3) is 28.0 Å². The first-order chi connectivity index (χ1) is 18.5. The van der Waals surface area contributed by atoms with Gasteiger partial charge in [0, 0.05) is 11.8 Å². The molecule has 0 aliphatic heterocycles. The van der Waals surface area contributed by atoms with E-state index in [2.05, 4.69) is 0 Å². The number of aryl methyl sites for hydroxylation is 1. The third-order valence-corrected chi connectivity index (χ3v) is 6.97. The van der Waals surface area contributed by atoms with Crippen LogP contribution in [-0.4, -0.2) is 35.4 Å². The van der Waals surface area contributed by atoms with Crippen molar-refractivity contribution in [1.82, 2.24) is 14.5 Å². The average molecular weight is 530 g/mol. The Morgan fingerprint density at radius 2 is 1.74 bits per heavy atom. The fourth-order valence-electron chi connectivity index (χ4n) is 4.13. The van der Waals surface area contributed by atoms with E-state index in [1.54, 1.807) is 43.1 Å². The minimum absolute atomic E-state index is 0.201. The van der Waals surface area contributed by atoms with Crippen molar-refractivity contribution in [3.05, 3.63) is 88.5 Å². The summed E-state index contributed by atoms with van der Waals surface area (Å²) in [5.74, 6) is 3.45. The molecule has 0 bridgehead atoms. The monoisotopic (exact) mass is 529 g/mol. The predicted molar refractivity (Wildman–Crippen MR) is 148 cm³/mol. The molecule has 0 fully saturated rings. The molecule has 3 aromatic carbocycles. The molecule has 0 atom stereocenters. The molecule has 5 rings (SSSR count). The Hall–Kier alpha value is -4.24. The highest BCUT2D eigenvalue weighted by Crippen LogP contribution is 2.34. The summed E-state index contributed by atoms with van der Waals surface area (Å²) in [5, 5.41) is 1.01. The molecule has 0 saturated heterocycles. The summed E-state index contributed by atoms with van der Waals surface area (Å²) in [7, 11) is 3.15. The van der Waals surface area contributed by atoms with E-state index in [9.17, 15) is 4.79 Å². The van der Waals surface area contributed by atoms with Gasteiger partial charge in [-0.1, -0.05) is 36.0 Å². The summed E-state index contributed by atoms with van der Waals surface area (Å²) in [5.41, 5.74) is 2.49. The summed E-state index contributed by atoms with van der Waals surface area (Å²) in [6.45, 7) is 4.35. The van der Waals surface area contributed by atoms with Gasteiger partial charge in [-0.25, -0.2) is 9.97 Å². The zero-order valence-electron chi connectivity index (χ0n) is 21.6. The molecule has 0 radical (unpaired) electrons. The molecule has 194 valence electrons. The smallest absolute Gasteiger partial charge is 0.266 e. The Morgan fingerprint density at radius 3 is 2.53 bits per heavy atom. The lowest BCUT2D eigenvalue weighted by molar-refractivity contribution is 0.340. The summed E-state index contributed by atoms with van der Waals surface area (Å²) in [6, 6.07) is 20.3.